The number of aromatic nitrogens is 4. The van der Waals surface area contributed by atoms with E-state index in [1.54, 1.807) is 29.3 Å². The van der Waals surface area contributed by atoms with Gasteiger partial charge in [-0.05, 0) is 18.6 Å². The molecule has 2 N–H and O–H groups in total. The van der Waals surface area contributed by atoms with Gasteiger partial charge in [0.2, 0.25) is 0 Å². The summed E-state index contributed by atoms with van der Waals surface area (Å²) in [6.07, 6.45) is 4.89. The van der Waals surface area contributed by atoms with Crippen LogP contribution in [0.1, 0.15) is 29.5 Å². The van der Waals surface area contributed by atoms with Gasteiger partial charge in [0.1, 0.15) is 12.1 Å². The lowest BCUT2D eigenvalue weighted by molar-refractivity contribution is 0.0954. The predicted octanol–water partition coefficient (Wildman–Crippen LogP) is 1.00. The average molecular weight is 288 g/mol. The number of nitrogens with zero attached hydrogens (tertiary/aromatic N) is 4. The van der Waals surface area contributed by atoms with E-state index in [4.69, 9.17) is 0 Å². The SMILES string of the molecule is CCCNc1ncccc1C(=O)NCCc1ncn(C)n1. The van der Waals surface area contributed by atoms with Gasteiger partial charge in [-0.1, -0.05) is 6.92 Å². The normalized spacial score (nSPS) is 10.4. The van der Waals surface area contributed by atoms with Gasteiger partial charge in [-0.2, -0.15) is 5.10 Å². The third-order valence-corrected chi connectivity index (χ3v) is 2.88. The number of carbonyl (C=O) groups excluding carboxylic acids is 1. The Labute approximate surface area is 123 Å². The molecule has 0 spiro atoms. The minimum absolute atomic E-state index is 0.141. The van der Waals surface area contributed by atoms with Crippen LogP contribution in [0.2, 0.25) is 0 Å². The van der Waals surface area contributed by atoms with E-state index < -0.39 is 0 Å². The minimum atomic E-state index is -0.141. The molecule has 21 heavy (non-hydrogen) atoms. The summed E-state index contributed by atoms with van der Waals surface area (Å²) in [7, 11) is 1.82. The van der Waals surface area contributed by atoms with Gasteiger partial charge in [0.15, 0.2) is 5.82 Å². The van der Waals surface area contributed by atoms with Gasteiger partial charge in [-0.15, -0.1) is 0 Å². The van der Waals surface area contributed by atoms with Crippen LogP contribution in [0.15, 0.2) is 24.7 Å². The third kappa shape index (κ3) is 4.27. The smallest absolute Gasteiger partial charge is 0.255 e. The molecule has 0 unspecified atom stereocenters. The van der Waals surface area contributed by atoms with Crippen LogP contribution in [0.5, 0.6) is 0 Å². The molecule has 0 aliphatic rings. The molecule has 7 heteroatoms. The minimum Gasteiger partial charge on any atom is -0.369 e. The molecule has 0 aromatic carbocycles. The molecule has 2 aromatic rings. The average Bonchev–Trinajstić information content (AvgIpc) is 2.91. The summed E-state index contributed by atoms with van der Waals surface area (Å²) in [5.74, 6) is 1.19. The van der Waals surface area contributed by atoms with Crippen LogP contribution >= 0.6 is 0 Å². The Morgan fingerprint density at radius 2 is 2.19 bits per heavy atom. The van der Waals surface area contributed by atoms with Crippen molar-refractivity contribution in [2.45, 2.75) is 19.8 Å². The molecular weight excluding hydrogens is 268 g/mol. The number of amides is 1. The summed E-state index contributed by atoms with van der Waals surface area (Å²) in [6, 6.07) is 3.52. The van der Waals surface area contributed by atoms with Crippen LogP contribution < -0.4 is 10.6 Å². The number of nitrogens with one attached hydrogen (secondary N) is 2. The van der Waals surface area contributed by atoms with Gasteiger partial charge in [0.05, 0.1) is 5.56 Å². The van der Waals surface area contributed by atoms with E-state index in [1.165, 1.54) is 0 Å². The summed E-state index contributed by atoms with van der Waals surface area (Å²) in [5.41, 5.74) is 0.555. The Kier molecular flexibility index (Phi) is 5.25. The molecular formula is C14H20N6O. The number of hydrogen-bond donors (Lipinski definition) is 2. The Balaban J connectivity index is 1.90. The standard InChI is InChI=1S/C14H20N6O/c1-3-7-15-13-11(5-4-8-16-13)14(21)17-9-6-12-18-10-20(2)19-12/h4-5,8,10H,3,6-7,9H2,1-2H3,(H,15,16)(H,17,21). The molecule has 2 heterocycles. The zero-order valence-corrected chi connectivity index (χ0v) is 12.3. The van der Waals surface area contributed by atoms with E-state index in [1.807, 2.05) is 7.05 Å². The number of anilines is 1. The molecule has 2 aromatic heterocycles. The van der Waals surface area contributed by atoms with Crippen molar-refractivity contribution in [3.05, 3.63) is 36.0 Å². The van der Waals surface area contributed by atoms with Crippen LogP contribution in [0.4, 0.5) is 5.82 Å². The van der Waals surface area contributed by atoms with Gasteiger partial charge in [0, 0.05) is 32.8 Å². The molecule has 0 aliphatic heterocycles. The fraction of sp³-hybridized carbons (Fsp3) is 0.429. The quantitative estimate of drug-likeness (QED) is 0.794. The second kappa shape index (κ2) is 7.37. The van der Waals surface area contributed by atoms with Crippen molar-refractivity contribution >= 4 is 11.7 Å². The molecule has 0 saturated heterocycles. The van der Waals surface area contributed by atoms with E-state index in [2.05, 4.69) is 32.6 Å². The van der Waals surface area contributed by atoms with Crippen molar-refractivity contribution in [2.24, 2.45) is 7.05 Å². The summed E-state index contributed by atoms with van der Waals surface area (Å²) in [6.45, 7) is 3.34. The number of pyridine rings is 1. The Morgan fingerprint density at radius 1 is 1.33 bits per heavy atom. The molecule has 0 fully saturated rings. The van der Waals surface area contributed by atoms with Gasteiger partial charge in [-0.3, -0.25) is 9.48 Å². The van der Waals surface area contributed by atoms with Gasteiger partial charge in [-0.25, -0.2) is 9.97 Å². The van der Waals surface area contributed by atoms with Crippen molar-refractivity contribution in [1.29, 1.82) is 0 Å². The second-order valence-corrected chi connectivity index (χ2v) is 4.67. The highest BCUT2D eigenvalue weighted by atomic mass is 16.1. The molecule has 1 amide bonds. The molecule has 0 radical (unpaired) electrons. The van der Waals surface area contributed by atoms with Crippen LogP contribution in [0.25, 0.3) is 0 Å². The van der Waals surface area contributed by atoms with Crippen LogP contribution in [0.3, 0.4) is 0 Å². The topological polar surface area (TPSA) is 84.7 Å². The van der Waals surface area contributed by atoms with Crippen LogP contribution in [-0.2, 0) is 13.5 Å². The maximum Gasteiger partial charge on any atom is 0.255 e. The molecule has 0 atom stereocenters. The zero-order chi connectivity index (χ0) is 15.1. The molecule has 2 rings (SSSR count). The first-order valence-electron chi connectivity index (χ1n) is 7.02. The maximum atomic E-state index is 12.2. The van der Waals surface area contributed by atoms with E-state index in [0.717, 1.165) is 13.0 Å². The first-order valence-corrected chi connectivity index (χ1v) is 7.02. The van der Waals surface area contributed by atoms with Crippen LogP contribution in [-0.4, -0.2) is 38.7 Å². The highest BCUT2D eigenvalue weighted by molar-refractivity contribution is 5.98. The molecule has 0 saturated carbocycles. The molecule has 7 nitrogen and oxygen atoms in total. The lowest BCUT2D eigenvalue weighted by atomic mass is 10.2. The van der Waals surface area contributed by atoms with E-state index >= 15 is 0 Å². The fourth-order valence-corrected chi connectivity index (χ4v) is 1.85. The number of hydrogen-bond acceptors (Lipinski definition) is 5. The monoisotopic (exact) mass is 288 g/mol. The van der Waals surface area contributed by atoms with E-state index in [9.17, 15) is 4.79 Å². The highest BCUT2D eigenvalue weighted by Gasteiger charge is 2.11. The van der Waals surface area contributed by atoms with Crippen LogP contribution in [0, 0.1) is 0 Å². The fourth-order valence-electron chi connectivity index (χ4n) is 1.85. The van der Waals surface area contributed by atoms with E-state index in [-0.39, 0.29) is 5.91 Å². The van der Waals surface area contributed by atoms with Crippen molar-refractivity contribution in [3.63, 3.8) is 0 Å². The maximum absolute atomic E-state index is 12.2. The van der Waals surface area contributed by atoms with Crippen molar-refractivity contribution < 1.29 is 4.79 Å². The Morgan fingerprint density at radius 3 is 2.90 bits per heavy atom. The molecule has 0 bridgehead atoms. The first-order chi connectivity index (χ1) is 10.2. The van der Waals surface area contributed by atoms with Gasteiger partial charge in [0.25, 0.3) is 5.91 Å². The summed E-state index contributed by atoms with van der Waals surface area (Å²) in [4.78, 5) is 20.5. The summed E-state index contributed by atoms with van der Waals surface area (Å²) in [5, 5.41) is 10.2. The zero-order valence-electron chi connectivity index (χ0n) is 12.3. The van der Waals surface area contributed by atoms with Gasteiger partial charge >= 0.3 is 0 Å². The molecule has 0 aliphatic carbocycles. The number of rotatable bonds is 7. The summed E-state index contributed by atoms with van der Waals surface area (Å²) >= 11 is 0. The summed E-state index contributed by atoms with van der Waals surface area (Å²) < 4.78 is 1.64. The molecule has 112 valence electrons. The number of aryl methyl sites for hydroxylation is 1. The third-order valence-electron chi connectivity index (χ3n) is 2.88. The lowest BCUT2D eigenvalue weighted by Crippen LogP contribution is -2.27. The van der Waals surface area contributed by atoms with Gasteiger partial charge < -0.3 is 10.6 Å². The largest absolute Gasteiger partial charge is 0.369 e. The second-order valence-electron chi connectivity index (χ2n) is 4.67. The Hall–Kier alpha value is -2.44. The highest BCUT2D eigenvalue weighted by Crippen LogP contribution is 2.11. The Bertz CT molecular complexity index is 595. The number of carbonyl (C=O) groups is 1. The first kappa shape index (κ1) is 15.0. The van der Waals surface area contributed by atoms with Crippen molar-refractivity contribution in [2.75, 3.05) is 18.4 Å². The van der Waals surface area contributed by atoms with Crippen molar-refractivity contribution in [1.82, 2.24) is 25.1 Å². The predicted molar refractivity (Wildman–Crippen MR) is 80.1 cm³/mol. The van der Waals surface area contributed by atoms with Crippen molar-refractivity contribution in [3.8, 4) is 0 Å². The lowest BCUT2D eigenvalue weighted by Gasteiger charge is -2.10. The van der Waals surface area contributed by atoms with E-state index in [0.29, 0.717) is 30.2 Å².